The first-order valence-corrected chi connectivity index (χ1v) is 6.81. The number of aromatic carboxylic acids is 1. The first-order valence-electron chi connectivity index (χ1n) is 6.81. The molecule has 21 heavy (non-hydrogen) atoms. The Morgan fingerprint density at radius 3 is 2.76 bits per heavy atom. The van der Waals surface area contributed by atoms with Crippen LogP contribution in [0.15, 0.2) is 46.4 Å². The SMILES string of the molecule is O=C1CCC/C1=C\c1ccc(-c2cccc(C(=O)O)c2)o1. The second-order valence-corrected chi connectivity index (χ2v) is 5.03. The molecule has 2 aromatic rings. The molecule has 0 spiro atoms. The Hall–Kier alpha value is -2.62. The van der Waals surface area contributed by atoms with Crippen molar-refractivity contribution < 1.29 is 19.1 Å². The summed E-state index contributed by atoms with van der Waals surface area (Å²) < 4.78 is 5.69. The first kappa shape index (κ1) is 13.4. The van der Waals surface area contributed by atoms with Gasteiger partial charge in [-0.1, -0.05) is 12.1 Å². The summed E-state index contributed by atoms with van der Waals surface area (Å²) in [5, 5.41) is 9.00. The van der Waals surface area contributed by atoms with E-state index in [1.807, 2.05) is 0 Å². The van der Waals surface area contributed by atoms with E-state index in [0.717, 1.165) is 18.4 Å². The fourth-order valence-electron chi connectivity index (χ4n) is 2.45. The molecule has 0 bridgehead atoms. The number of hydrogen-bond donors (Lipinski definition) is 1. The Labute approximate surface area is 121 Å². The molecule has 1 N–H and O–H groups in total. The highest BCUT2D eigenvalue weighted by Crippen LogP contribution is 2.27. The maximum absolute atomic E-state index is 11.6. The van der Waals surface area contributed by atoms with Crippen LogP contribution in [0.5, 0.6) is 0 Å². The lowest BCUT2D eigenvalue weighted by Gasteiger charge is -1.99. The third kappa shape index (κ3) is 2.79. The molecule has 1 aliphatic carbocycles. The van der Waals surface area contributed by atoms with Gasteiger partial charge in [-0.3, -0.25) is 4.79 Å². The number of hydrogen-bond acceptors (Lipinski definition) is 3. The number of carboxylic acid groups (broad SMARTS) is 1. The van der Waals surface area contributed by atoms with Crippen molar-refractivity contribution in [2.75, 3.05) is 0 Å². The van der Waals surface area contributed by atoms with Crippen molar-refractivity contribution >= 4 is 17.8 Å². The molecule has 0 atom stereocenters. The Morgan fingerprint density at radius 1 is 1.19 bits per heavy atom. The highest BCUT2D eigenvalue weighted by atomic mass is 16.4. The van der Waals surface area contributed by atoms with Crippen molar-refractivity contribution in [2.24, 2.45) is 0 Å². The summed E-state index contributed by atoms with van der Waals surface area (Å²) in [6.07, 6.45) is 4.09. The lowest BCUT2D eigenvalue weighted by atomic mass is 10.1. The molecule has 1 aromatic heterocycles. The maximum Gasteiger partial charge on any atom is 0.335 e. The summed E-state index contributed by atoms with van der Waals surface area (Å²) in [7, 11) is 0. The van der Waals surface area contributed by atoms with Crippen LogP contribution in [-0.2, 0) is 4.79 Å². The van der Waals surface area contributed by atoms with Gasteiger partial charge in [0.05, 0.1) is 5.56 Å². The fraction of sp³-hybridized carbons (Fsp3) is 0.176. The van der Waals surface area contributed by atoms with Crippen LogP contribution in [0.25, 0.3) is 17.4 Å². The van der Waals surface area contributed by atoms with Crippen LogP contribution in [0.4, 0.5) is 0 Å². The standard InChI is InChI=1S/C17H14O4/c18-15-6-2-3-11(15)10-14-7-8-16(21-14)12-4-1-5-13(9-12)17(19)20/h1,4-5,7-10H,2-3,6H2,(H,19,20)/b11-10+. The zero-order chi connectivity index (χ0) is 14.8. The summed E-state index contributed by atoms with van der Waals surface area (Å²) in [6.45, 7) is 0. The van der Waals surface area contributed by atoms with E-state index in [4.69, 9.17) is 9.52 Å². The van der Waals surface area contributed by atoms with Gasteiger partial charge in [-0.25, -0.2) is 4.79 Å². The third-order valence-corrected chi connectivity index (χ3v) is 3.55. The van der Waals surface area contributed by atoms with Gasteiger partial charge in [0.25, 0.3) is 0 Å². The molecule has 106 valence electrons. The lowest BCUT2D eigenvalue weighted by molar-refractivity contribution is -0.114. The molecule has 0 amide bonds. The number of Topliss-reactive ketones (excluding diaryl/α,β-unsaturated/α-hetero) is 1. The van der Waals surface area contributed by atoms with Gasteiger partial charge in [0.1, 0.15) is 11.5 Å². The van der Waals surface area contributed by atoms with Crippen LogP contribution in [0.2, 0.25) is 0 Å². The van der Waals surface area contributed by atoms with E-state index in [-0.39, 0.29) is 11.3 Å². The molecule has 1 aromatic carbocycles. The van der Waals surface area contributed by atoms with Gasteiger partial charge >= 0.3 is 5.97 Å². The molecule has 1 aliphatic rings. The molecule has 1 fully saturated rings. The molecule has 1 saturated carbocycles. The van der Waals surface area contributed by atoms with Gasteiger partial charge in [0.2, 0.25) is 0 Å². The summed E-state index contributed by atoms with van der Waals surface area (Å²) in [5.41, 5.74) is 1.72. The van der Waals surface area contributed by atoms with E-state index in [9.17, 15) is 9.59 Å². The molecule has 3 rings (SSSR count). The molecular weight excluding hydrogens is 268 g/mol. The van der Waals surface area contributed by atoms with Crippen molar-refractivity contribution in [2.45, 2.75) is 19.3 Å². The van der Waals surface area contributed by atoms with E-state index < -0.39 is 5.97 Å². The number of carbonyl (C=O) groups excluding carboxylic acids is 1. The Bertz CT molecular complexity index is 737. The average molecular weight is 282 g/mol. The van der Waals surface area contributed by atoms with E-state index in [1.165, 1.54) is 6.07 Å². The van der Waals surface area contributed by atoms with Crippen molar-refractivity contribution in [3.05, 3.63) is 53.3 Å². The summed E-state index contributed by atoms with van der Waals surface area (Å²) in [6, 6.07) is 10.2. The van der Waals surface area contributed by atoms with Crippen molar-refractivity contribution in [3.63, 3.8) is 0 Å². The lowest BCUT2D eigenvalue weighted by Crippen LogP contribution is -1.95. The summed E-state index contributed by atoms with van der Waals surface area (Å²) in [4.78, 5) is 22.6. The molecule has 0 radical (unpaired) electrons. The first-order chi connectivity index (χ1) is 10.1. The quantitative estimate of drug-likeness (QED) is 0.870. The predicted octanol–water partition coefficient (Wildman–Crippen LogP) is 3.78. The molecular formula is C17H14O4. The van der Waals surface area contributed by atoms with Crippen LogP contribution in [0.3, 0.4) is 0 Å². The van der Waals surface area contributed by atoms with Gasteiger partial charge in [0.15, 0.2) is 5.78 Å². The number of furan rings is 1. The fourth-order valence-corrected chi connectivity index (χ4v) is 2.45. The van der Waals surface area contributed by atoms with Crippen molar-refractivity contribution in [1.82, 2.24) is 0 Å². The van der Waals surface area contributed by atoms with Crippen LogP contribution < -0.4 is 0 Å². The number of ketones is 1. The topological polar surface area (TPSA) is 67.5 Å². The van der Waals surface area contributed by atoms with Crippen molar-refractivity contribution in [1.29, 1.82) is 0 Å². The van der Waals surface area contributed by atoms with Gasteiger partial charge in [-0.15, -0.1) is 0 Å². The zero-order valence-corrected chi connectivity index (χ0v) is 11.3. The second kappa shape index (κ2) is 5.40. The molecule has 0 aliphatic heterocycles. The van der Waals surface area contributed by atoms with Crippen LogP contribution in [0.1, 0.15) is 35.4 Å². The summed E-state index contributed by atoms with van der Waals surface area (Å²) >= 11 is 0. The van der Waals surface area contributed by atoms with Gasteiger partial charge in [-0.2, -0.15) is 0 Å². The van der Waals surface area contributed by atoms with E-state index in [0.29, 0.717) is 23.5 Å². The van der Waals surface area contributed by atoms with Crippen LogP contribution in [-0.4, -0.2) is 16.9 Å². The maximum atomic E-state index is 11.6. The van der Waals surface area contributed by atoms with E-state index in [1.54, 1.807) is 36.4 Å². The minimum absolute atomic E-state index is 0.181. The minimum Gasteiger partial charge on any atom is -0.478 e. The van der Waals surface area contributed by atoms with Gasteiger partial charge in [-0.05, 0) is 48.8 Å². The minimum atomic E-state index is -0.970. The van der Waals surface area contributed by atoms with E-state index >= 15 is 0 Å². The van der Waals surface area contributed by atoms with Crippen LogP contribution in [0, 0.1) is 0 Å². The zero-order valence-electron chi connectivity index (χ0n) is 11.3. The van der Waals surface area contributed by atoms with Gasteiger partial charge in [0, 0.05) is 12.0 Å². The predicted molar refractivity (Wildman–Crippen MR) is 77.9 cm³/mol. The van der Waals surface area contributed by atoms with Gasteiger partial charge < -0.3 is 9.52 Å². The number of benzene rings is 1. The monoisotopic (exact) mass is 282 g/mol. The molecule has 4 nitrogen and oxygen atoms in total. The van der Waals surface area contributed by atoms with E-state index in [2.05, 4.69) is 0 Å². The third-order valence-electron chi connectivity index (χ3n) is 3.55. The Morgan fingerprint density at radius 2 is 2.05 bits per heavy atom. The molecule has 0 unspecified atom stereocenters. The summed E-state index contributed by atoms with van der Waals surface area (Å²) in [5.74, 6) is 0.425. The molecule has 1 heterocycles. The highest BCUT2D eigenvalue weighted by Gasteiger charge is 2.17. The smallest absolute Gasteiger partial charge is 0.335 e. The molecule has 0 saturated heterocycles. The van der Waals surface area contributed by atoms with Crippen LogP contribution >= 0.6 is 0 Å². The Balaban J connectivity index is 1.90. The normalized spacial score (nSPS) is 16.6. The number of rotatable bonds is 3. The number of carboxylic acids is 1. The van der Waals surface area contributed by atoms with Crippen molar-refractivity contribution in [3.8, 4) is 11.3 Å². The number of carbonyl (C=O) groups is 2. The largest absolute Gasteiger partial charge is 0.478 e. The second-order valence-electron chi connectivity index (χ2n) is 5.03. The highest BCUT2D eigenvalue weighted by molar-refractivity contribution is 6.01. The average Bonchev–Trinajstić information content (AvgIpc) is 3.10. The number of allylic oxidation sites excluding steroid dienone is 1. The molecule has 4 heteroatoms. The Kier molecular flexibility index (Phi) is 3.44.